The molecule has 0 N–H and O–H groups in total. The van der Waals surface area contributed by atoms with Crippen LogP contribution in [-0.2, 0) is 12.8 Å². The van der Waals surface area contributed by atoms with E-state index in [1.807, 2.05) is 36.5 Å². The third-order valence-electron chi connectivity index (χ3n) is 7.04. The molecule has 3 aromatic carbocycles. The molecule has 7 rings (SSSR count). The summed E-state index contributed by atoms with van der Waals surface area (Å²) in [7, 11) is 0. The van der Waals surface area contributed by atoms with Gasteiger partial charge in [-0.1, -0.05) is 71.0 Å². The number of benzene rings is 3. The SMILES string of the molecule is c1ccc(Oc2ccc3c(c2)B2c4cc(-c5ccccn5)ccc4Cc4cccc(c42)C3)nc1. The Morgan fingerprint density at radius 2 is 1.35 bits per heavy atom. The largest absolute Gasteiger partial charge is 0.439 e. The first-order valence-electron chi connectivity index (χ1n) is 11.7. The second kappa shape index (κ2) is 7.70. The van der Waals surface area contributed by atoms with Crippen LogP contribution in [0, 0.1) is 0 Å². The Bertz CT molecular complexity index is 1520. The second-order valence-electron chi connectivity index (χ2n) is 9.04. The van der Waals surface area contributed by atoms with Crippen molar-refractivity contribution in [2.75, 3.05) is 0 Å². The van der Waals surface area contributed by atoms with E-state index in [4.69, 9.17) is 4.74 Å². The first-order valence-corrected chi connectivity index (χ1v) is 11.7. The van der Waals surface area contributed by atoms with Crippen LogP contribution in [0.25, 0.3) is 11.3 Å². The lowest BCUT2D eigenvalue weighted by molar-refractivity contribution is 0.463. The third kappa shape index (κ3) is 3.14. The molecule has 0 radical (unpaired) electrons. The highest BCUT2D eigenvalue weighted by molar-refractivity contribution is 6.97. The van der Waals surface area contributed by atoms with Crippen molar-refractivity contribution >= 4 is 23.1 Å². The van der Waals surface area contributed by atoms with Gasteiger partial charge in [0.25, 0.3) is 0 Å². The zero-order chi connectivity index (χ0) is 22.5. The average Bonchev–Trinajstić information content (AvgIpc) is 2.89. The standard InChI is InChI=1S/C30H21BN2O/c1-3-14-32-28(8-1)22-11-10-20-16-23-6-5-7-24-17-21-12-13-25(34-29-9-2-4-15-33-29)19-27(21)31(30(23)24)26(20)18-22/h1-15,18-19H,16-17H2. The molecule has 2 aromatic heterocycles. The molecule has 0 aliphatic carbocycles. The van der Waals surface area contributed by atoms with E-state index in [2.05, 4.69) is 70.6 Å². The van der Waals surface area contributed by atoms with Crippen molar-refractivity contribution in [3.8, 4) is 22.9 Å². The number of nitrogens with zero attached hydrogens (tertiary/aromatic N) is 2. The number of ether oxygens (including phenoxy) is 1. The van der Waals surface area contributed by atoms with Crippen LogP contribution in [0.15, 0.2) is 103 Å². The predicted molar refractivity (Wildman–Crippen MR) is 137 cm³/mol. The van der Waals surface area contributed by atoms with Crippen molar-refractivity contribution in [2.24, 2.45) is 0 Å². The Morgan fingerprint density at radius 3 is 2.09 bits per heavy atom. The quantitative estimate of drug-likeness (QED) is 0.389. The molecule has 3 nitrogen and oxygen atoms in total. The minimum absolute atomic E-state index is 0.189. The molecule has 0 saturated carbocycles. The molecule has 4 heterocycles. The van der Waals surface area contributed by atoms with Crippen LogP contribution in [-0.4, -0.2) is 16.7 Å². The maximum Gasteiger partial charge on any atom is 0.242 e. The van der Waals surface area contributed by atoms with Gasteiger partial charge in [0.05, 0.1) is 5.69 Å². The number of hydrogen-bond donors (Lipinski definition) is 0. The topological polar surface area (TPSA) is 35.0 Å². The summed E-state index contributed by atoms with van der Waals surface area (Å²) in [6.07, 6.45) is 5.54. The van der Waals surface area contributed by atoms with Crippen LogP contribution in [0.2, 0.25) is 0 Å². The smallest absolute Gasteiger partial charge is 0.242 e. The molecule has 0 atom stereocenters. The van der Waals surface area contributed by atoms with Gasteiger partial charge in [-0.3, -0.25) is 4.98 Å². The first-order chi connectivity index (χ1) is 16.8. The van der Waals surface area contributed by atoms with Crippen molar-refractivity contribution in [1.29, 1.82) is 0 Å². The average molecular weight is 436 g/mol. The van der Waals surface area contributed by atoms with Crippen molar-refractivity contribution in [2.45, 2.75) is 12.8 Å². The Balaban J connectivity index is 1.40. The number of rotatable bonds is 3. The second-order valence-corrected chi connectivity index (χ2v) is 9.04. The Kier molecular flexibility index (Phi) is 4.37. The van der Waals surface area contributed by atoms with E-state index in [0.29, 0.717) is 5.88 Å². The molecule has 0 fully saturated rings. The van der Waals surface area contributed by atoms with Gasteiger partial charge in [-0.15, -0.1) is 0 Å². The van der Waals surface area contributed by atoms with Crippen LogP contribution in [0.4, 0.5) is 0 Å². The molecule has 0 bridgehead atoms. The summed E-state index contributed by atoms with van der Waals surface area (Å²) in [5.41, 5.74) is 11.9. The fourth-order valence-corrected chi connectivity index (χ4v) is 5.55. The zero-order valence-electron chi connectivity index (χ0n) is 18.6. The minimum Gasteiger partial charge on any atom is -0.439 e. The fourth-order valence-electron chi connectivity index (χ4n) is 5.55. The molecule has 0 amide bonds. The van der Waals surface area contributed by atoms with Crippen LogP contribution in [0.3, 0.4) is 0 Å². The van der Waals surface area contributed by atoms with Gasteiger partial charge in [-0.05, 0) is 71.0 Å². The van der Waals surface area contributed by atoms with E-state index >= 15 is 0 Å². The molecule has 2 aliphatic heterocycles. The summed E-state index contributed by atoms with van der Waals surface area (Å²) in [6, 6.07) is 32.0. The lowest BCUT2D eigenvalue weighted by Crippen LogP contribution is -2.61. The molecule has 5 aromatic rings. The van der Waals surface area contributed by atoms with Gasteiger partial charge >= 0.3 is 0 Å². The molecule has 0 spiro atoms. The van der Waals surface area contributed by atoms with E-state index in [1.54, 1.807) is 6.20 Å². The fraction of sp³-hybridized carbons (Fsp3) is 0.0667. The van der Waals surface area contributed by atoms with E-state index in [9.17, 15) is 0 Å². The van der Waals surface area contributed by atoms with Gasteiger partial charge in [0.1, 0.15) is 5.75 Å². The maximum absolute atomic E-state index is 6.13. The highest BCUT2D eigenvalue weighted by Gasteiger charge is 2.37. The molecular weight excluding hydrogens is 415 g/mol. The van der Waals surface area contributed by atoms with Gasteiger partial charge in [0.15, 0.2) is 0 Å². The first kappa shape index (κ1) is 19.3. The highest BCUT2D eigenvalue weighted by atomic mass is 16.5. The monoisotopic (exact) mass is 436 g/mol. The Labute approximate surface area is 199 Å². The molecule has 34 heavy (non-hydrogen) atoms. The van der Waals surface area contributed by atoms with E-state index in [-0.39, 0.29) is 6.71 Å². The van der Waals surface area contributed by atoms with Crippen LogP contribution in [0.1, 0.15) is 22.3 Å². The van der Waals surface area contributed by atoms with Gasteiger partial charge in [-0.2, -0.15) is 0 Å². The molecule has 0 saturated heterocycles. The number of aromatic nitrogens is 2. The molecule has 0 unspecified atom stereocenters. The van der Waals surface area contributed by atoms with Crippen LogP contribution >= 0.6 is 0 Å². The molecule has 2 aliphatic rings. The van der Waals surface area contributed by atoms with Crippen molar-refractivity contribution in [3.63, 3.8) is 0 Å². The third-order valence-corrected chi connectivity index (χ3v) is 7.04. The van der Waals surface area contributed by atoms with Crippen LogP contribution < -0.4 is 21.1 Å². The Hall–Kier alpha value is -4.18. The van der Waals surface area contributed by atoms with E-state index in [1.165, 1.54) is 38.6 Å². The normalized spacial score (nSPS) is 13.0. The summed E-state index contributed by atoms with van der Waals surface area (Å²) in [4.78, 5) is 8.94. The molecule has 4 heteroatoms. The number of fused-ring (bicyclic) bond motifs is 4. The number of pyridine rings is 2. The highest BCUT2D eigenvalue weighted by Crippen LogP contribution is 2.27. The summed E-state index contributed by atoms with van der Waals surface area (Å²) >= 11 is 0. The lowest BCUT2D eigenvalue weighted by atomic mass is 9.30. The Morgan fingerprint density at radius 1 is 0.618 bits per heavy atom. The zero-order valence-corrected chi connectivity index (χ0v) is 18.6. The number of hydrogen-bond acceptors (Lipinski definition) is 3. The molecule has 160 valence electrons. The summed E-state index contributed by atoms with van der Waals surface area (Å²) in [5.74, 6) is 1.44. The van der Waals surface area contributed by atoms with Gasteiger partial charge in [0, 0.05) is 18.5 Å². The van der Waals surface area contributed by atoms with E-state index in [0.717, 1.165) is 29.8 Å². The minimum atomic E-state index is 0.189. The van der Waals surface area contributed by atoms with Crippen LogP contribution in [0.5, 0.6) is 11.6 Å². The maximum atomic E-state index is 6.13. The van der Waals surface area contributed by atoms with Gasteiger partial charge in [-0.25, -0.2) is 4.98 Å². The lowest BCUT2D eigenvalue weighted by Gasteiger charge is -2.34. The molecular formula is C30H21BN2O. The van der Waals surface area contributed by atoms with E-state index < -0.39 is 0 Å². The summed E-state index contributed by atoms with van der Waals surface area (Å²) < 4.78 is 6.13. The van der Waals surface area contributed by atoms with Gasteiger partial charge < -0.3 is 4.74 Å². The van der Waals surface area contributed by atoms with Gasteiger partial charge in [0.2, 0.25) is 12.6 Å². The summed E-state index contributed by atoms with van der Waals surface area (Å²) in [6.45, 7) is 0.189. The van der Waals surface area contributed by atoms with Crippen molar-refractivity contribution in [3.05, 3.63) is 126 Å². The summed E-state index contributed by atoms with van der Waals surface area (Å²) in [5, 5.41) is 0. The van der Waals surface area contributed by atoms with Crippen molar-refractivity contribution in [1.82, 2.24) is 9.97 Å². The van der Waals surface area contributed by atoms with Crippen molar-refractivity contribution < 1.29 is 4.74 Å². The predicted octanol–water partition coefficient (Wildman–Crippen LogP) is 4.26.